The molecular formula is C17H34N4O2. The van der Waals surface area contributed by atoms with Crippen molar-refractivity contribution >= 4 is 11.9 Å². The van der Waals surface area contributed by atoms with E-state index < -0.39 is 0 Å². The number of piperidine rings is 1. The Bertz CT molecular complexity index is 387. The van der Waals surface area contributed by atoms with Crippen molar-refractivity contribution in [3.8, 4) is 0 Å². The first kappa shape index (κ1) is 19.7. The van der Waals surface area contributed by atoms with E-state index in [1.807, 2.05) is 7.05 Å². The summed E-state index contributed by atoms with van der Waals surface area (Å²) in [7, 11) is 1.85. The smallest absolute Gasteiger partial charge is 0.317 e. The molecule has 0 spiro atoms. The molecule has 1 heterocycles. The van der Waals surface area contributed by atoms with Gasteiger partial charge < -0.3 is 20.9 Å². The molecule has 6 nitrogen and oxygen atoms in total. The van der Waals surface area contributed by atoms with E-state index in [1.165, 1.54) is 0 Å². The van der Waals surface area contributed by atoms with Crippen LogP contribution in [0.3, 0.4) is 0 Å². The highest BCUT2D eigenvalue weighted by molar-refractivity contribution is 5.77. The van der Waals surface area contributed by atoms with Gasteiger partial charge in [-0.2, -0.15) is 0 Å². The van der Waals surface area contributed by atoms with Crippen molar-refractivity contribution in [2.24, 2.45) is 17.6 Å². The molecule has 3 N–H and O–H groups in total. The summed E-state index contributed by atoms with van der Waals surface area (Å²) in [6.07, 6.45) is 3.83. The van der Waals surface area contributed by atoms with Gasteiger partial charge in [0.25, 0.3) is 0 Å². The van der Waals surface area contributed by atoms with Gasteiger partial charge in [-0.3, -0.25) is 4.79 Å². The van der Waals surface area contributed by atoms with Crippen LogP contribution in [-0.2, 0) is 4.79 Å². The molecule has 1 aliphatic rings. The molecule has 1 saturated heterocycles. The van der Waals surface area contributed by atoms with Crippen LogP contribution in [0.5, 0.6) is 0 Å². The lowest BCUT2D eigenvalue weighted by molar-refractivity contribution is -0.123. The van der Waals surface area contributed by atoms with Gasteiger partial charge >= 0.3 is 6.03 Å². The zero-order valence-corrected chi connectivity index (χ0v) is 15.2. The lowest BCUT2D eigenvalue weighted by atomic mass is 9.97. The first-order valence-corrected chi connectivity index (χ1v) is 8.83. The number of carbonyl (C=O) groups is 2. The Labute approximate surface area is 140 Å². The van der Waals surface area contributed by atoms with Crippen LogP contribution in [0.1, 0.15) is 46.5 Å². The highest BCUT2D eigenvalue weighted by Crippen LogP contribution is 2.16. The molecule has 0 aromatic carbocycles. The molecule has 0 radical (unpaired) electrons. The molecule has 134 valence electrons. The molecule has 23 heavy (non-hydrogen) atoms. The zero-order valence-electron chi connectivity index (χ0n) is 15.2. The average Bonchev–Trinajstić information content (AvgIpc) is 2.50. The predicted octanol–water partition coefficient (Wildman–Crippen LogP) is 1.65. The van der Waals surface area contributed by atoms with Crippen molar-refractivity contribution in [3.05, 3.63) is 0 Å². The second kappa shape index (κ2) is 9.75. The molecule has 6 heteroatoms. The molecule has 0 aromatic rings. The zero-order chi connectivity index (χ0) is 17.4. The number of hydrogen-bond donors (Lipinski definition) is 2. The minimum Gasteiger partial charge on any atom is -0.369 e. The van der Waals surface area contributed by atoms with Gasteiger partial charge in [0.15, 0.2) is 0 Å². The molecule has 0 bridgehead atoms. The minimum atomic E-state index is -0.191. The van der Waals surface area contributed by atoms with E-state index in [9.17, 15) is 9.59 Å². The van der Waals surface area contributed by atoms with E-state index in [1.54, 1.807) is 4.90 Å². The second-order valence-electron chi connectivity index (χ2n) is 7.22. The molecule has 0 aliphatic carbocycles. The van der Waals surface area contributed by atoms with Crippen molar-refractivity contribution < 1.29 is 9.59 Å². The number of nitrogens with two attached hydrogens (primary N) is 1. The highest BCUT2D eigenvalue weighted by Gasteiger charge is 2.23. The number of likely N-dealkylation sites (tertiary alicyclic amines) is 1. The van der Waals surface area contributed by atoms with Gasteiger partial charge in [0.1, 0.15) is 0 Å². The number of nitrogens with one attached hydrogen (secondary N) is 1. The second-order valence-corrected chi connectivity index (χ2v) is 7.22. The summed E-state index contributed by atoms with van der Waals surface area (Å²) in [6.45, 7) is 9.75. The van der Waals surface area contributed by atoms with E-state index in [-0.39, 0.29) is 23.9 Å². The molecule has 1 fully saturated rings. The summed E-state index contributed by atoms with van der Waals surface area (Å²) in [5.74, 6) is 0.377. The Morgan fingerprint density at radius 3 is 2.65 bits per heavy atom. The molecule has 2 unspecified atom stereocenters. The summed E-state index contributed by atoms with van der Waals surface area (Å²) >= 11 is 0. The molecule has 0 aromatic heterocycles. The molecule has 1 aliphatic heterocycles. The maximum absolute atomic E-state index is 12.1. The summed E-state index contributed by atoms with van der Waals surface area (Å²) in [6, 6.07) is 0.236. The lowest BCUT2D eigenvalue weighted by Crippen LogP contribution is -2.44. The first-order valence-electron chi connectivity index (χ1n) is 8.83. The van der Waals surface area contributed by atoms with Crippen molar-refractivity contribution in [1.82, 2.24) is 15.1 Å². The largest absolute Gasteiger partial charge is 0.369 e. The van der Waals surface area contributed by atoms with E-state index >= 15 is 0 Å². The molecule has 2 atom stereocenters. The third kappa shape index (κ3) is 7.20. The van der Waals surface area contributed by atoms with E-state index in [0.29, 0.717) is 12.5 Å². The monoisotopic (exact) mass is 326 g/mol. The normalized spacial score (nSPS) is 20.3. The van der Waals surface area contributed by atoms with Crippen LogP contribution in [0.15, 0.2) is 0 Å². The fraction of sp³-hybridized carbons (Fsp3) is 0.882. The van der Waals surface area contributed by atoms with Crippen LogP contribution >= 0.6 is 0 Å². The van der Waals surface area contributed by atoms with Gasteiger partial charge in [-0.05, 0) is 51.6 Å². The van der Waals surface area contributed by atoms with Gasteiger partial charge in [-0.15, -0.1) is 0 Å². The maximum Gasteiger partial charge on any atom is 0.317 e. The summed E-state index contributed by atoms with van der Waals surface area (Å²) < 4.78 is 0. The number of rotatable bonds is 8. The molecule has 3 amide bonds. The number of nitrogens with zero attached hydrogens (tertiary/aromatic N) is 2. The fourth-order valence-electron chi connectivity index (χ4n) is 3.15. The summed E-state index contributed by atoms with van der Waals surface area (Å²) in [5, 5.41) is 2.98. The van der Waals surface area contributed by atoms with Gasteiger partial charge in [-0.25, -0.2) is 4.79 Å². The predicted molar refractivity (Wildman–Crippen MR) is 93.1 cm³/mol. The summed E-state index contributed by atoms with van der Waals surface area (Å²) in [4.78, 5) is 27.4. The quantitative estimate of drug-likeness (QED) is 0.666. The van der Waals surface area contributed by atoms with Gasteiger partial charge in [0.05, 0.1) is 5.92 Å². The van der Waals surface area contributed by atoms with E-state index in [4.69, 9.17) is 5.73 Å². The number of hydrogen-bond acceptors (Lipinski definition) is 3. The lowest BCUT2D eigenvalue weighted by Gasteiger charge is -2.31. The van der Waals surface area contributed by atoms with Gasteiger partial charge in [-0.1, -0.05) is 13.8 Å². The fourth-order valence-corrected chi connectivity index (χ4v) is 3.15. The Morgan fingerprint density at radius 1 is 1.35 bits per heavy atom. The van der Waals surface area contributed by atoms with Crippen molar-refractivity contribution in [1.29, 1.82) is 0 Å². The Morgan fingerprint density at radius 2 is 2.04 bits per heavy atom. The van der Waals surface area contributed by atoms with Crippen molar-refractivity contribution in [2.45, 2.75) is 52.5 Å². The Kier molecular flexibility index (Phi) is 8.37. The van der Waals surface area contributed by atoms with Crippen LogP contribution < -0.4 is 11.1 Å². The third-order valence-corrected chi connectivity index (χ3v) is 4.63. The number of primary amides is 1. The molecule has 1 rings (SSSR count). The van der Waals surface area contributed by atoms with Crippen LogP contribution in [0.4, 0.5) is 4.79 Å². The topological polar surface area (TPSA) is 78.7 Å². The van der Waals surface area contributed by atoms with E-state index in [0.717, 1.165) is 45.3 Å². The Balaban J connectivity index is 2.21. The number of urea groups is 1. The third-order valence-electron chi connectivity index (χ3n) is 4.63. The molecular weight excluding hydrogens is 292 g/mol. The van der Waals surface area contributed by atoms with Crippen LogP contribution in [0, 0.1) is 11.8 Å². The van der Waals surface area contributed by atoms with Crippen molar-refractivity contribution in [3.63, 3.8) is 0 Å². The standard InChI is InChI=1S/C17H34N4O2/c1-13(2)11-14(3)20(4)17(23)19-8-6-10-21-9-5-7-15(12-21)16(18)22/h13-15H,5-12H2,1-4H3,(H2,18,22)(H,19,23). The first-order chi connectivity index (χ1) is 10.8. The van der Waals surface area contributed by atoms with Gasteiger partial charge in [0, 0.05) is 26.2 Å². The average molecular weight is 326 g/mol. The van der Waals surface area contributed by atoms with E-state index in [2.05, 4.69) is 31.0 Å². The maximum atomic E-state index is 12.1. The van der Waals surface area contributed by atoms with Gasteiger partial charge in [0.2, 0.25) is 5.91 Å². The summed E-state index contributed by atoms with van der Waals surface area (Å²) in [5.41, 5.74) is 5.39. The number of carbonyl (C=O) groups excluding carboxylic acids is 2. The SMILES string of the molecule is CC(C)CC(C)N(C)C(=O)NCCCN1CCCC(C(N)=O)C1. The minimum absolute atomic E-state index is 0.00759. The number of amides is 3. The Hall–Kier alpha value is -1.30. The van der Waals surface area contributed by atoms with Crippen LogP contribution in [-0.4, -0.2) is 61.0 Å². The molecule has 0 saturated carbocycles. The van der Waals surface area contributed by atoms with Crippen LogP contribution in [0.25, 0.3) is 0 Å². The van der Waals surface area contributed by atoms with Crippen molar-refractivity contribution in [2.75, 3.05) is 33.2 Å². The highest BCUT2D eigenvalue weighted by atomic mass is 16.2. The van der Waals surface area contributed by atoms with Crippen LogP contribution in [0.2, 0.25) is 0 Å².